The van der Waals surface area contributed by atoms with Crippen LogP contribution in [0.2, 0.25) is 0 Å². The van der Waals surface area contributed by atoms with Gasteiger partial charge in [0.2, 0.25) is 10.0 Å². The van der Waals surface area contributed by atoms with E-state index in [1.807, 2.05) is 13.0 Å². The normalized spacial score (nSPS) is 13.3. The first-order valence-electron chi connectivity index (χ1n) is 5.69. The molecule has 1 atom stereocenters. The lowest BCUT2D eigenvalue weighted by atomic mass is 10.2. The van der Waals surface area contributed by atoms with E-state index in [1.165, 1.54) is 6.07 Å². The van der Waals surface area contributed by atoms with Gasteiger partial charge in [-0.15, -0.1) is 0 Å². The summed E-state index contributed by atoms with van der Waals surface area (Å²) in [5.41, 5.74) is 0.924. The van der Waals surface area contributed by atoms with Crippen molar-refractivity contribution in [3.63, 3.8) is 0 Å². The third-order valence-electron chi connectivity index (χ3n) is 2.69. The fourth-order valence-electron chi connectivity index (χ4n) is 1.66. The number of nitriles is 1. The molecular weight excluding hydrogens is 284 g/mol. The molecule has 0 aliphatic heterocycles. The van der Waals surface area contributed by atoms with Crippen LogP contribution in [0, 0.1) is 11.3 Å². The van der Waals surface area contributed by atoms with Crippen molar-refractivity contribution in [2.45, 2.75) is 30.7 Å². The topological polar surface area (TPSA) is 95.7 Å². The SMILES string of the molecule is CCC(CC#N)NS(=O)(=O)c1cccc2nsnc12. The van der Waals surface area contributed by atoms with Crippen molar-refractivity contribution in [3.05, 3.63) is 18.2 Å². The van der Waals surface area contributed by atoms with Crippen molar-refractivity contribution >= 4 is 32.8 Å². The maximum Gasteiger partial charge on any atom is 0.243 e. The van der Waals surface area contributed by atoms with Crippen LogP contribution in [0.4, 0.5) is 0 Å². The van der Waals surface area contributed by atoms with Crippen molar-refractivity contribution in [3.8, 4) is 6.07 Å². The van der Waals surface area contributed by atoms with Crippen LogP contribution in [0.15, 0.2) is 23.1 Å². The second-order valence-electron chi connectivity index (χ2n) is 3.98. The van der Waals surface area contributed by atoms with Crippen molar-refractivity contribution in [1.82, 2.24) is 13.5 Å². The zero-order chi connectivity index (χ0) is 13.9. The fraction of sp³-hybridized carbons (Fsp3) is 0.364. The Labute approximate surface area is 115 Å². The molecule has 0 radical (unpaired) electrons. The first kappa shape index (κ1) is 13.9. The number of nitrogens with one attached hydrogen (secondary N) is 1. The number of fused-ring (bicyclic) bond motifs is 1. The summed E-state index contributed by atoms with van der Waals surface area (Å²) in [5.74, 6) is 0. The Balaban J connectivity index is 2.39. The molecule has 2 rings (SSSR count). The lowest BCUT2D eigenvalue weighted by Crippen LogP contribution is -2.34. The molecule has 0 saturated heterocycles. The molecule has 1 heterocycles. The Morgan fingerprint density at radius 2 is 2.26 bits per heavy atom. The van der Waals surface area contributed by atoms with Crippen molar-refractivity contribution in [2.75, 3.05) is 0 Å². The number of benzene rings is 1. The van der Waals surface area contributed by atoms with Gasteiger partial charge in [0.1, 0.15) is 15.9 Å². The van der Waals surface area contributed by atoms with Crippen LogP contribution in [0.1, 0.15) is 19.8 Å². The molecule has 8 heteroatoms. The summed E-state index contributed by atoms with van der Waals surface area (Å²) in [6.07, 6.45) is 0.694. The van der Waals surface area contributed by atoms with Gasteiger partial charge in [-0.25, -0.2) is 13.1 Å². The van der Waals surface area contributed by atoms with Crippen molar-refractivity contribution in [2.24, 2.45) is 0 Å². The molecule has 0 aliphatic carbocycles. The van der Waals surface area contributed by atoms with Crippen molar-refractivity contribution in [1.29, 1.82) is 5.26 Å². The number of rotatable bonds is 5. The zero-order valence-corrected chi connectivity index (χ0v) is 11.8. The summed E-state index contributed by atoms with van der Waals surface area (Å²) < 4.78 is 35.2. The highest BCUT2D eigenvalue weighted by atomic mass is 32.2. The molecule has 0 amide bonds. The average Bonchev–Trinajstić information content (AvgIpc) is 2.85. The van der Waals surface area contributed by atoms with E-state index in [0.717, 1.165) is 11.7 Å². The van der Waals surface area contributed by atoms with Gasteiger partial charge in [0.15, 0.2) is 0 Å². The standard InChI is InChI=1S/C11H12N4O2S2/c1-2-8(6-7-12)15-19(16,17)10-5-3-4-9-11(10)14-18-13-9/h3-5,8,15H,2,6H2,1H3. The molecule has 1 unspecified atom stereocenters. The molecule has 1 N–H and O–H groups in total. The second kappa shape index (κ2) is 5.61. The predicted octanol–water partition coefficient (Wildman–Crippen LogP) is 1.66. The smallest absolute Gasteiger partial charge is 0.207 e. The van der Waals surface area contributed by atoms with Crippen LogP contribution < -0.4 is 4.72 Å². The fourth-order valence-corrected chi connectivity index (χ4v) is 3.75. The van der Waals surface area contributed by atoms with E-state index in [2.05, 4.69) is 13.5 Å². The molecule has 0 spiro atoms. The monoisotopic (exact) mass is 296 g/mol. The van der Waals surface area contributed by atoms with Crippen LogP contribution >= 0.6 is 11.7 Å². The van der Waals surface area contributed by atoms with Gasteiger partial charge < -0.3 is 0 Å². The third-order valence-corrected chi connectivity index (χ3v) is 4.79. The third kappa shape index (κ3) is 2.89. The maximum absolute atomic E-state index is 12.3. The molecule has 1 aromatic heterocycles. The van der Waals surface area contributed by atoms with Gasteiger partial charge in [0, 0.05) is 6.04 Å². The van der Waals surface area contributed by atoms with Gasteiger partial charge in [-0.05, 0) is 18.6 Å². The lowest BCUT2D eigenvalue weighted by molar-refractivity contribution is 0.543. The van der Waals surface area contributed by atoms with Crippen LogP contribution in [-0.4, -0.2) is 23.2 Å². The Hall–Kier alpha value is -1.56. The predicted molar refractivity (Wildman–Crippen MR) is 72.0 cm³/mol. The summed E-state index contributed by atoms with van der Waals surface area (Å²) in [6.45, 7) is 1.83. The Morgan fingerprint density at radius 3 is 2.95 bits per heavy atom. The number of sulfonamides is 1. The minimum absolute atomic E-state index is 0.107. The van der Waals surface area contributed by atoms with Gasteiger partial charge in [0.05, 0.1) is 24.2 Å². The molecule has 0 aliphatic rings. The first-order chi connectivity index (χ1) is 9.08. The summed E-state index contributed by atoms with van der Waals surface area (Å²) in [6, 6.07) is 6.41. The lowest BCUT2D eigenvalue weighted by Gasteiger charge is -2.13. The number of aromatic nitrogens is 2. The van der Waals surface area contributed by atoms with E-state index in [4.69, 9.17) is 5.26 Å². The molecule has 0 bridgehead atoms. The van der Waals surface area contributed by atoms with Gasteiger partial charge in [0.25, 0.3) is 0 Å². The zero-order valence-electron chi connectivity index (χ0n) is 10.2. The van der Waals surface area contributed by atoms with Crippen LogP contribution in [0.3, 0.4) is 0 Å². The van der Waals surface area contributed by atoms with E-state index in [9.17, 15) is 8.42 Å². The van der Waals surface area contributed by atoms with E-state index in [1.54, 1.807) is 12.1 Å². The molecular formula is C11H12N4O2S2. The quantitative estimate of drug-likeness (QED) is 0.905. The molecule has 1 aromatic carbocycles. The van der Waals surface area contributed by atoms with Gasteiger partial charge in [-0.2, -0.15) is 14.0 Å². The van der Waals surface area contributed by atoms with Crippen LogP contribution in [-0.2, 0) is 10.0 Å². The summed E-state index contributed by atoms with van der Waals surface area (Å²) >= 11 is 0.973. The minimum atomic E-state index is -3.69. The summed E-state index contributed by atoms with van der Waals surface area (Å²) in [7, 11) is -3.69. The average molecular weight is 296 g/mol. The molecule has 0 saturated carbocycles. The largest absolute Gasteiger partial charge is 0.243 e. The number of hydrogen-bond donors (Lipinski definition) is 1. The molecule has 2 aromatic rings. The summed E-state index contributed by atoms with van der Waals surface area (Å²) in [4.78, 5) is 0.107. The van der Waals surface area contributed by atoms with Crippen LogP contribution in [0.25, 0.3) is 11.0 Å². The highest BCUT2D eigenvalue weighted by molar-refractivity contribution is 7.89. The number of nitrogens with zero attached hydrogens (tertiary/aromatic N) is 3. The molecule has 0 fully saturated rings. The van der Waals surface area contributed by atoms with Gasteiger partial charge in [-0.1, -0.05) is 13.0 Å². The number of hydrogen-bond acceptors (Lipinski definition) is 6. The van der Waals surface area contributed by atoms with Crippen LogP contribution in [0.5, 0.6) is 0 Å². The van der Waals surface area contributed by atoms with E-state index in [-0.39, 0.29) is 11.3 Å². The van der Waals surface area contributed by atoms with Gasteiger partial charge in [-0.3, -0.25) is 0 Å². The Bertz CT molecular complexity index is 718. The molecule has 19 heavy (non-hydrogen) atoms. The highest BCUT2D eigenvalue weighted by Gasteiger charge is 2.22. The molecule has 6 nitrogen and oxygen atoms in total. The Morgan fingerprint density at radius 1 is 1.47 bits per heavy atom. The molecule has 100 valence electrons. The maximum atomic E-state index is 12.3. The highest BCUT2D eigenvalue weighted by Crippen LogP contribution is 2.21. The minimum Gasteiger partial charge on any atom is -0.207 e. The van der Waals surface area contributed by atoms with E-state index >= 15 is 0 Å². The Kier molecular flexibility index (Phi) is 4.09. The van der Waals surface area contributed by atoms with Gasteiger partial charge >= 0.3 is 0 Å². The van der Waals surface area contributed by atoms with E-state index in [0.29, 0.717) is 17.5 Å². The first-order valence-corrected chi connectivity index (χ1v) is 7.90. The summed E-state index contributed by atoms with van der Waals surface area (Å²) in [5, 5.41) is 8.67. The van der Waals surface area contributed by atoms with Crippen molar-refractivity contribution < 1.29 is 8.42 Å². The van der Waals surface area contributed by atoms with E-state index < -0.39 is 16.1 Å². The second-order valence-corrected chi connectivity index (χ2v) is 6.19.